The number of hydrogen-bond donors (Lipinski definition) is 3. The molecule has 2 aromatic carbocycles. The lowest BCUT2D eigenvalue weighted by Crippen LogP contribution is -2.34. The van der Waals surface area contributed by atoms with Crippen molar-refractivity contribution in [3.05, 3.63) is 41.5 Å². The first-order valence-electron chi connectivity index (χ1n) is 10.7. The molecule has 0 saturated heterocycles. The van der Waals surface area contributed by atoms with Crippen LogP contribution >= 0.6 is 0 Å². The van der Waals surface area contributed by atoms with Gasteiger partial charge in [0.15, 0.2) is 11.5 Å². The number of cyclic esters (lactones) is 1. The molecule has 1 aliphatic carbocycles. The zero-order chi connectivity index (χ0) is 24.7. The highest BCUT2D eigenvalue weighted by molar-refractivity contribution is 5.94. The molecule has 0 bridgehead atoms. The molecule has 0 atom stereocenters. The van der Waals surface area contributed by atoms with Gasteiger partial charge in [0, 0.05) is 11.1 Å². The Labute approximate surface area is 195 Å². The van der Waals surface area contributed by atoms with E-state index in [2.05, 4.69) is 0 Å². The molecule has 2 aliphatic rings. The molecule has 4 rings (SSSR count). The summed E-state index contributed by atoms with van der Waals surface area (Å²) in [5.74, 6) is -0.839. The van der Waals surface area contributed by atoms with E-state index in [9.17, 15) is 24.9 Å². The largest absolute Gasteiger partial charge is 0.490 e. The number of carbonyl (C=O) groups is 2. The second-order valence-corrected chi connectivity index (χ2v) is 8.62. The molecule has 10 nitrogen and oxygen atoms in total. The van der Waals surface area contributed by atoms with Gasteiger partial charge >= 0.3 is 18.1 Å². The Bertz CT molecular complexity index is 1110. The van der Waals surface area contributed by atoms with Crippen LogP contribution in [-0.4, -0.2) is 53.2 Å². The minimum atomic E-state index is -3.45. The minimum absolute atomic E-state index is 0.0135. The molecule has 0 spiro atoms. The van der Waals surface area contributed by atoms with E-state index in [1.54, 1.807) is 38.1 Å². The maximum absolute atomic E-state index is 12.6. The number of fused-ring (bicyclic) bond motifs is 1. The average molecular weight is 474 g/mol. The van der Waals surface area contributed by atoms with Crippen LogP contribution in [0.4, 0.5) is 0 Å². The van der Waals surface area contributed by atoms with E-state index in [4.69, 9.17) is 23.7 Å². The Morgan fingerprint density at radius 3 is 2.44 bits per heavy atom. The van der Waals surface area contributed by atoms with Gasteiger partial charge in [0.25, 0.3) is 0 Å². The van der Waals surface area contributed by atoms with Crippen LogP contribution in [0.15, 0.2) is 30.3 Å². The topological polar surface area (TPSA) is 141 Å². The van der Waals surface area contributed by atoms with Crippen LogP contribution in [0.1, 0.15) is 42.6 Å². The maximum Gasteiger partial charge on any atom is 0.453 e. The molecule has 1 heterocycles. The highest BCUT2D eigenvalue weighted by atomic mass is 16.9. The quantitative estimate of drug-likeness (QED) is 0.365. The predicted octanol–water partition coefficient (Wildman–Crippen LogP) is 2.11. The molecule has 0 amide bonds. The molecule has 0 unspecified atom stereocenters. The summed E-state index contributed by atoms with van der Waals surface area (Å²) in [5.41, 5.74) is 1.56. The summed E-state index contributed by atoms with van der Waals surface area (Å²) in [5, 5.41) is 27.9. The van der Waals surface area contributed by atoms with Gasteiger partial charge in [-0.2, -0.15) is 0 Å². The van der Waals surface area contributed by atoms with E-state index >= 15 is 0 Å². The van der Waals surface area contributed by atoms with E-state index in [0.717, 1.165) is 0 Å². The number of esters is 2. The first kappa shape index (κ1) is 23.8. The molecule has 34 heavy (non-hydrogen) atoms. The monoisotopic (exact) mass is 474 g/mol. The van der Waals surface area contributed by atoms with Crippen molar-refractivity contribution in [3.8, 4) is 28.4 Å². The molecule has 10 heteroatoms. The third-order valence-corrected chi connectivity index (χ3v) is 5.64. The molecule has 1 aliphatic heterocycles. The molecule has 1 fully saturated rings. The van der Waals surface area contributed by atoms with E-state index in [0.29, 0.717) is 35.1 Å². The van der Waals surface area contributed by atoms with Crippen molar-refractivity contribution in [2.75, 3.05) is 13.7 Å². The number of hydrogen-bond acceptors (Lipinski definition) is 10. The molecule has 0 aromatic heterocycles. The van der Waals surface area contributed by atoms with Crippen molar-refractivity contribution < 1.29 is 48.6 Å². The highest BCUT2D eigenvalue weighted by Crippen LogP contribution is 2.50. The molecule has 2 aromatic rings. The van der Waals surface area contributed by atoms with Crippen LogP contribution in [-0.2, 0) is 20.9 Å². The molecule has 182 valence electrons. The third-order valence-electron chi connectivity index (χ3n) is 5.64. The lowest BCUT2D eigenvalue weighted by Gasteiger charge is -2.23. The van der Waals surface area contributed by atoms with Crippen molar-refractivity contribution in [1.82, 2.24) is 0 Å². The third kappa shape index (κ3) is 4.79. The zero-order valence-electron chi connectivity index (χ0n) is 19.0. The zero-order valence-corrected chi connectivity index (χ0v) is 19.0. The van der Waals surface area contributed by atoms with Gasteiger partial charge in [-0.05, 0) is 56.5 Å². The maximum atomic E-state index is 12.6. The number of aliphatic hydroxyl groups is 3. The summed E-state index contributed by atoms with van der Waals surface area (Å²) in [7, 11) is 1.32. The number of benzene rings is 2. The van der Waals surface area contributed by atoms with Gasteiger partial charge in [0.2, 0.25) is 5.75 Å². The average Bonchev–Trinajstić information content (AvgIpc) is 3.47. The minimum Gasteiger partial charge on any atom is -0.490 e. The highest BCUT2D eigenvalue weighted by Gasteiger charge is 2.53. The van der Waals surface area contributed by atoms with Crippen molar-refractivity contribution >= 4 is 11.9 Å². The van der Waals surface area contributed by atoms with Crippen molar-refractivity contribution in [3.63, 3.8) is 0 Å². The Morgan fingerprint density at radius 1 is 1.12 bits per heavy atom. The smallest absolute Gasteiger partial charge is 0.453 e. The van der Waals surface area contributed by atoms with Crippen LogP contribution in [0.2, 0.25) is 0 Å². The van der Waals surface area contributed by atoms with Gasteiger partial charge in [-0.25, -0.2) is 4.79 Å². The van der Waals surface area contributed by atoms with Crippen LogP contribution in [0.5, 0.6) is 17.2 Å². The number of carbonyl (C=O) groups excluding carboxylic acids is 2. The summed E-state index contributed by atoms with van der Waals surface area (Å²) in [6.07, 6.45) is -2.53. The fourth-order valence-corrected chi connectivity index (χ4v) is 3.74. The first-order chi connectivity index (χ1) is 16.0. The van der Waals surface area contributed by atoms with Gasteiger partial charge in [0.1, 0.15) is 18.6 Å². The van der Waals surface area contributed by atoms with Gasteiger partial charge in [-0.1, -0.05) is 6.07 Å². The summed E-state index contributed by atoms with van der Waals surface area (Å²) in [6.45, 7) is 3.66. The summed E-state index contributed by atoms with van der Waals surface area (Å²) >= 11 is 0. The second-order valence-electron chi connectivity index (χ2n) is 8.62. The number of ether oxygens (including phenoxy) is 5. The van der Waals surface area contributed by atoms with Crippen molar-refractivity contribution in [2.45, 2.75) is 45.6 Å². The summed E-state index contributed by atoms with van der Waals surface area (Å²) in [6, 6.07) is 8.07. The Morgan fingerprint density at radius 2 is 1.82 bits per heavy atom. The molecule has 3 N–H and O–H groups in total. The summed E-state index contributed by atoms with van der Waals surface area (Å²) < 4.78 is 26.8. The fourth-order valence-electron chi connectivity index (χ4n) is 3.74. The summed E-state index contributed by atoms with van der Waals surface area (Å²) in [4.78, 5) is 24.4. The van der Waals surface area contributed by atoms with E-state index in [1.807, 2.05) is 0 Å². The van der Waals surface area contributed by atoms with Gasteiger partial charge < -0.3 is 39.0 Å². The van der Waals surface area contributed by atoms with Gasteiger partial charge in [-0.15, -0.1) is 0 Å². The van der Waals surface area contributed by atoms with E-state index < -0.39 is 17.5 Å². The Kier molecular flexibility index (Phi) is 6.15. The molecule has 1 saturated carbocycles. The van der Waals surface area contributed by atoms with Gasteiger partial charge in [0.05, 0.1) is 18.8 Å². The number of methoxy groups -OCH3 is 1. The normalized spacial score (nSPS) is 16.0. The second kappa shape index (κ2) is 8.79. The molecule has 0 radical (unpaired) electrons. The van der Waals surface area contributed by atoms with Crippen LogP contribution in [0.3, 0.4) is 0 Å². The lowest BCUT2D eigenvalue weighted by atomic mass is 9.99. The lowest BCUT2D eigenvalue weighted by molar-refractivity contribution is -0.419. The van der Waals surface area contributed by atoms with Crippen molar-refractivity contribution in [1.29, 1.82) is 0 Å². The SMILES string of the molecule is COc1c(OC(O)(O)O)ccc(-c2ccc3c(c2)COC3=O)c1OCC1(C(=O)OC(C)C)CC1. The first-order valence-corrected chi connectivity index (χ1v) is 10.7. The van der Waals surface area contributed by atoms with E-state index in [-0.39, 0.29) is 42.5 Å². The fraction of sp³-hybridized carbons (Fsp3) is 0.417. The van der Waals surface area contributed by atoms with Crippen molar-refractivity contribution in [2.24, 2.45) is 5.41 Å². The predicted molar refractivity (Wildman–Crippen MR) is 116 cm³/mol. The van der Waals surface area contributed by atoms with Crippen LogP contribution in [0, 0.1) is 5.41 Å². The van der Waals surface area contributed by atoms with E-state index in [1.165, 1.54) is 13.2 Å². The van der Waals surface area contributed by atoms with Gasteiger partial charge in [-0.3, -0.25) is 4.79 Å². The molecular weight excluding hydrogens is 448 g/mol. The Balaban J connectivity index is 1.73. The standard InChI is InChI=1S/C24H26O10/c1-13(2)33-22(26)23(8-9-23)12-32-19-16(6-7-18(20(19)30-3)34-24(27,28)29)14-4-5-17-15(10-14)11-31-21(17)25/h4-7,10,13,27-29H,8-9,11-12H2,1-3H3. The van der Waals surface area contributed by atoms with Crippen LogP contribution in [0.25, 0.3) is 11.1 Å². The number of rotatable bonds is 9. The molecular formula is C24H26O10. The van der Waals surface area contributed by atoms with Crippen LogP contribution < -0.4 is 14.2 Å². The Hall–Kier alpha value is -3.34.